The summed E-state index contributed by atoms with van der Waals surface area (Å²) in [5.74, 6) is -15.7. The molecule has 41 nitrogen and oxygen atoms in total. The second kappa shape index (κ2) is 53.4. The molecule has 0 radical (unpaired) electrons. The van der Waals surface area contributed by atoms with Crippen LogP contribution in [0, 0.1) is 59.0 Å². The fourth-order valence-corrected chi connectivity index (χ4v) is 21.8. The number of hydrogen-bond acceptors (Lipinski definition) is 37. The van der Waals surface area contributed by atoms with Crippen molar-refractivity contribution in [1.29, 1.82) is 0 Å². The molecule has 4 aromatic rings. The molecule has 2 aromatic carbocycles. The molecule has 0 bridgehead atoms. The molecule has 2 aromatic heterocycles. The molecule has 0 spiro atoms. The van der Waals surface area contributed by atoms with E-state index >= 15 is 0 Å². The Morgan fingerprint density at radius 2 is 0.772 bits per heavy atom. The Bertz CT molecular complexity index is 5180. The van der Waals surface area contributed by atoms with Gasteiger partial charge in [0.25, 0.3) is 11.6 Å². The van der Waals surface area contributed by atoms with E-state index in [1.807, 2.05) is 79.5 Å². The molecular weight excluding hydrogens is 1950 g/mol. The van der Waals surface area contributed by atoms with Crippen LogP contribution in [0.25, 0.3) is 21.8 Å². The fraction of sp³-hybridized carbons (Fsp3) is 0.755. The number of ether oxygens (including phenoxy) is 15. The molecule has 36 atom stereocenters. The number of ketones is 4. The molecule has 0 saturated carbocycles. The molecule has 10 rings (SSSR count). The van der Waals surface area contributed by atoms with Crippen LogP contribution in [0.1, 0.15) is 211 Å². The van der Waals surface area contributed by atoms with E-state index in [0.717, 1.165) is 24.5 Å². The summed E-state index contributed by atoms with van der Waals surface area (Å²) < 4.78 is 125. The number of nitrogens with zero attached hydrogens (tertiary/aromatic N) is 6. The molecule has 0 aliphatic carbocycles. The number of aromatic nitrogens is 2. The van der Waals surface area contributed by atoms with E-state index in [1.165, 1.54) is 77.7 Å². The van der Waals surface area contributed by atoms with E-state index in [9.17, 15) is 92.5 Å². The Kier molecular flexibility index (Phi) is 46.5. The fourth-order valence-electron chi connectivity index (χ4n) is 21.8. The van der Waals surface area contributed by atoms with Gasteiger partial charge in [0.05, 0.1) is 129 Å². The number of aliphatic carboxylic acids is 2. The van der Waals surface area contributed by atoms with Crippen molar-refractivity contribution >= 4 is 80.2 Å². The first-order valence-electron chi connectivity index (χ1n) is 50.8. The number of cyclic esters (lactones) is 2. The van der Waals surface area contributed by atoms with Crippen molar-refractivity contribution in [3.63, 3.8) is 0 Å². The molecule has 848 valence electrons. The highest BCUT2D eigenvalue weighted by atomic mass is 19.1. The van der Waals surface area contributed by atoms with Gasteiger partial charge in [-0.15, -0.1) is 0 Å². The number of anilines is 2. The smallest absolute Gasteiger partial charge is 0.377 e. The normalized spacial score (nSPS) is 37.3. The predicted molar refractivity (Wildman–Crippen MR) is 548 cm³/mol. The number of esters is 2. The first-order chi connectivity index (χ1) is 69.0. The number of aliphatic hydroxyl groups is 7. The highest BCUT2D eigenvalue weighted by molar-refractivity contribution is 6.40. The standard InChI is InChI=1S/C39H71NO13.C38H69NO13.2C14H13FN2O4.CH5N/c1-16-27-39(10,45)34(46-13)22(4)29(41)20(2)18-38(9,48-15)33(53-36-30(42)26(40(11)12)17-21(3)49-36)23(5)31(24(6)35(44)51-27)52-28-19-37(8,47-14)32(43)25(7)50-28;1-15-26-38(10,45)31(42)21(4)28(40)19(2)17-37(9,47-14)33(52-35-29(41)25(39(11)12)16-20(3)48-35)22(5)30(23(6)34(44)50-26)51-27-18-36(8,46-13)32(43)24(7)49-27;2*1-16(2)11-5-10-7(4-9(11)15)12(18)8(6-17(10)3)13(19)14(20)21;1-2/h20-28,30-34,36,42-43,45H,16-19H2,1-15H3;19-27,29-33,35,41-43,45H,15-18H2,1-14H3;2*4-6H,1-3H3,(H,20,21);2H2,1H3/t20-,21-,22+,23+,24-,25+,26+,27-,28+,30-,31+,32+,33-,34-,36+,37-,38+,39-;19-,20-,21+,22+,23-,24+,25+,26-,27+,29-,30+,31-,32+,33-,35+,36-,37+,38-;;;/m11.../s1. The number of Topliss-reactive ketones (excluding diaryl/α,β-unsaturated/α-hetero) is 4. The zero-order valence-corrected chi connectivity index (χ0v) is 93.7. The lowest BCUT2D eigenvalue weighted by Gasteiger charge is -2.50. The highest BCUT2D eigenvalue weighted by Gasteiger charge is 2.59. The Labute approximate surface area is 873 Å². The first-order valence-corrected chi connectivity index (χ1v) is 50.8. The van der Waals surface area contributed by atoms with Crippen LogP contribution >= 0.6 is 0 Å². The number of pyridine rings is 2. The Hall–Kier alpha value is -8.04. The maximum absolute atomic E-state index is 14.3. The summed E-state index contributed by atoms with van der Waals surface area (Å²) >= 11 is 0. The minimum atomic E-state index is -1.96. The molecule has 149 heavy (non-hydrogen) atoms. The number of carbonyl (C=O) groups is 8. The van der Waals surface area contributed by atoms with Crippen LogP contribution in [0.2, 0.25) is 0 Å². The summed E-state index contributed by atoms with van der Waals surface area (Å²) in [6.07, 6.45) is -14.1. The summed E-state index contributed by atoms with van der Waals surface area (Å²) in [6.45, 7) is 34.7. The number of aliphatic hydroxyl groups excluding tert-OH is 5. The molecular formula is C106H171F2N7O34. The minimum absolute atomic E-state index is 0.0345. The zero-order valence-electron chi connectivity index (χ0n) is 93.7. The lowest BCUT2D eigenvalue weighted by Crippen LogP contribution is -2.61. The van der Waals surface area contributed by atoms with Gasteiger partial charge in [0.1, 0.15) is 71.0 Å². The van der Waals surface area contributed by atoms with Crippen LogP contribution in [0.3, 0.4) is 0 Å². The number of hydrogen-bond donors (Lipinski definition) is 10. The maximum atomic E-state index is 14.3. The first kappa shape index (κ1) is 130. The number of halogens is 2. The van der Waals surface area contributed by atoms with Crippen molar-refractivity contribution < 1.29 is 164 Å². The molecule has 6 aliphatic rings. The molecule has 6 saturated heterocycles. The van der Waals surface area contributed by atoms with Gasteiger partial charge in [-0.3, -0.25) is 38.4 Å². The topological polar surface area (TPSA) is 540 Å². The van der Waals surface area contributed by atoms with E-state index < -0.39 is 261 Å². The second-order valence-corrected chi connectivity index (χ2v) is 43.1. The summed E-state index contributed by atoms with van der Waals surface area (Å²) in [7, 11) is 26.3. The van der Waals surface area contributed by atoms with E-state index in [-0.39, 0.29) is 96.5 Å². The van der Waals surface area contributed by atoms with Crippen LogP contribution in [0.15, 0.2) is 46.2 Å². The van der Waals surface area contributed by atoms with Gasteiger partial charge in [0, 0.05) is 161 Å². The number of rotatable bonds is 23. The van der Waals surface area contributed by atoms with Gasteiger partial charge >= 0.3 is 23.9 Å². The average molecular weight is 2130 g/mol. The molecule has 6 aliphatic heterocycles. The van der Waals surface area contributed by atoms with Crippen molar-refractivity contribution in [3.05, 3.63) is 79.9 Å². The monoisotopic (exact) mass is 2120 g/mol. The molecule has 11 N–H and O–H groups in total. The second-order valence-electron chi connectivity index (χ2n) is 43.1. The third kappa shape index (κ3) is 29.2. The van der Waals surface area contributed by atoms with E-state index in [4.69, 9.17) is 81.3 Å². The number of methoxy groups -OCH3 is 5. The van der Waals surface area contributed by atoms with Crippen LogP contribution in [-0.4, -0.2) is 379 Å². The quantitative estimate of drug-likeness (QED) is 0.0200. The number of likely N-dealkylation sites (N-methyl/N-ethyl adjacent to an activating group) is 2. The van der Waals surface area contributed by atoms with Crippen molar-refractivity contribution in [2.45, 2.75) is 358 Å². The van der Waals surface area contributed by atoms with Crippen molar-refractivity contribution in [3.8, 4) is 0 Å². The number of carboxylic acids is 2. The number of carboxylic acid groups (broad SMARTS) is 2. The van der Waals surface area contributed by atoms with Crippen molar-refractivity contribution in [1.82, 2.24) is 18.9 Å². The summed E-state index contributed by atoms with van der Waals surface area (Å²) in [6, 6.07) is 4.43. The lowest BCUT2D eigenvalue weighted by atomic mass is 9.73. The minimum Gasteiger partial charge on any atom is -0.475 e. The number of nitrogens with two attached hydrogens (primary N) is 1. The molecule has 43 heteroatoms. The van der Waals surface area contributed by atoms with Crippen LogP contribution < -0.4 is 26.4 Å². The summed E-state index contributed by atoms with van der Waals surface area (Å²) in [4.78, 5) is 132. The molecule has 8 heterocycles. The predicted octanol–water partition coefficient (Wildman–Crippen LogP) is 7.13. The van der Waals surface area contributed by atoms with Crippen LogP contribution in [-0.2, 0) is 114 Å². The van der Waals surface area contributed by atoms with Gasteiger partial charge in [-0.05, 0) is 181 Å². The summed E-state index contributed by atoms with van der Waals surface area (Å²) in [5.41, 5.74) is -4.88. The van der Waals surface area contributed by atoms with Crippen molar-refractivity contribution in [2.75, 3.05) is 109 Å². The Balaban J connectivity index is 0.000000326. The van der Waals surface area contributed by atoms with Crippen molar-refractivity contribution in [2.24, 2.45) is 67.2 Å². The van der Waals surface area contributed by atoms with Gasteiger partial charge in [0.15, 0.2) is 25.2 Å². The van der Waals surface area contributed by atoms with Gasteiger partial charge in [-0.2, -0.15) is 0 Å². The van der Waals surface area contributed by atoms with Crippen LogP contribution in [0.4, 0.5) is 20.2 Å². The lowest BCUT2D eigenvalue weighted by molar-refractivity contribution is -0.319. The maximum Gasteiger partial charge on any atom is 0.377 e. The Morgan fingerprint density at radius 1 is 0.450 bits per heavy atom. The number of aryl methyl sites for hydroxylation is 2. The summed E-state index contributed by atoms with van der Waals surface area (Å²) in [5, 5.41) is 97.4. The van der Waals surface area contributed by atoms with Gasteiger partial charge in [-0.25, -0.2) is 18.4 Å². The average Bonchev–Trinajstić information content (AvgIpc) is 0.773. The zero-order chi connectivity index (χ0) is 114. The molecule has 6 fully saturated rings. The van der Waals surface area contributed by atoms with Gasteiger partial charge in [0.2, 0.25) is 10.9 Å². The highest BCUT2D eigenvalue weighted by Crippen LogP contribution is 2.47. The largest absolute Gasteiger partial charge is 0.475 e. The number of carbonyl (C=O) groups excluding carboxylic acids is 6. The van der Waals surface area contributed by atoms with Gasteiger partial charge in [-0.1, -0.05) is 55.4 Å². The third-order valence-corrected chi connectivity index (χ3v) is 31.1. The molecule has 0 amide bonds. The van der Waals surface area contributed by atoms with E-state index in [1.54, 1.807) is 135 Å². The third-order valence-electron chi connectivity index (χ3n) is 31.1. The van der Waals surface area contributed by atoms with E-state index in [0.29, 0.717) is 23.9 Å². The Morgan fingerprint density at radius 3 is 1.07 bits per heavy atom. The SMILES string of the molecule is CC[C@H]1OC(=O)[C@H](C)[C@@H](O[C@H]2C[C@@](C)(OC)[C@@H](O)[C@H](C)O2)[C@H](C)[C@@H](O[C@@H]2O[C@H](C)C[C@H](N(C)C)[C@H]2O)[C@@](C)(OC)C[C@@H](C)C(=O)[C@H](C)[C@@H](O)[C@]1(C)O.CC[C@H]1OC(=O)[C@H](C)[C@@H](O[C@H]2C[C@@](C)(OC)[C@@H](O)[C@H](C)O2)[C@H](C)[C@@H](O[C@@H]2O[C@H](C)C[C@H](N(C)C)[C@H]2O)[C@@](C)(OC)C[C@@H](C)C(=O)[C@H](C)[C@@H](OC)[C@]1(C)O.CN.CN(C)c1cc2c(cc1F)c(=O)c(C(=O)C(=O)O)cn2C.CN(C)c1cc2c(cc1F)c(=O)c(C(=O)C(=O)O)cn2C. The van der Waals surface area contributed by atoms with Crippen LogP contribution in [0.5, 0.6) is 0 Å². The molecule has 0 unspecified atom stereocenters. The number of fused-ring (bicyclic) bond motifs is 2. The van der Waals surface area contributed by atoms with E-state index in [2.05, 4.69) is 5.73 Å². The number of benzene rings is 2. The van der Waals surface area contributed by atoms with Gasteiger partial charge < -0.3 is 151 Å².